The van der Waals surface area contributed by atoms with E-state index in [0.29, 0.717) is 28.8 Å². The van der Waals surface area contributed by atoms with Crippen LogP contribution in [-0.4, -0.2) is 69.9 Å². The van der Waals surface area contributed by atoms with Crippen LogP contribution in [0.5, 0.6) is 0 Å². The number of piperazine rings is 1. The van der Waals surface area contributed by atoms with Gasteiger partial charge in [-0.15, -0.1) is 10.2 Å². The van der Waals surface area contributed by atoms with Gasteiger partial charge in [0.25, 0.3) is 0 Å². The van der Waals surface area contributed by atoms with E-state index in [0.717, 1.165) is 30.4 Å². The summed E-state index contributed by atoms with van der Waals surface area (Å²) in [6, 6.07) is 12.5. The van der Waals surface area contributed by atoms with E-state index in [1.807, 2.05) is 12.1 Å². The molecule has 2 aromatic carbocycles. The lowest BCUT2D eigenvalue weighted by atomic mass is 10.1. The summed E-state index contributed by atoms with van der Waals surface area (Å²) in [5.41, 5.74) is 3.12. The lowest BCUT2D eigenvalue weighted by Crippen LogP contribution is -2.51. The van der Waals surface area contributed by atoms with Crippen molar-refractivity contribution in [2.45, 2.75) is 30.7 Å². The highest BCUT2D eigenvalue weighted by Crippen LogP contribution is 2.26. The number of fused-ring (bicyclic) bond motifs is 1. The van der Waals surface area contributed by atoms with Gasteiger partial charge < -0.3 is 4.90 Å². The minimum atomic E-state index is -3.58. The number of amides is 1. The quantitative estimate of drug-likeness (QED) is 0.546. The summed E-state index contributed by atoms with van der Waals surface area (Å²) >= 11 is 5.90. The van der Waals surface area contributed by atoms with E-state index in [4.69, 9.17) is 11.6 Å². The molecule has 1 aromatic heterocycles. The second-order valence-electron chi connectivity index (χ2n) is 8.22. The summed E-state index contributed by atoms with van der Waals surface area (Å²) in [5, 5.41) is 12.8. The Morgan fingerprint density at radius 1 is 0.970 bits per heavy atom. The molecule has 1 amide bonds. The molecule has 1 aliphatic carbocycles. The molecule has 1 fully saturated rings. The maximum Gasteiger partial charge on any atom is 0.246 e. The summed E-state index contributed by atoms with van der Waals surface area (Å²) in [5.74, 6) is 0.231. The summed E-state index contributed by atoms with van der Waals surface area (Å²) in [7, 11) is -3.58. The topological polar surface area (TPSA) is 101 Å². The molecule has 3 aromatic rings. The summed E-state index contributed by atoms with van der Waals surface area (Å²) in [6.07, 6.45) is 3.01. The van der Waals surface area contributed by atoms with Gasteiger partial charge in [0, 0.05) is 36.8 Å². The summed E-state index contributed by atoms with van der Waals surface area (Å²) in [4.78, 5) is 16.0. The van der Waals surface area contributed by atoms with Crippen LogP contribution < -0.4 is 0 Å². The molecule has 0 unspecified atom stereocenters. The smallest absolute Gasteiger partial charge is 0.246 e. The molecular formula is C22H23ClN6O3S. The van der Waals surface area contributed by atoms with Gasteiger partial charge in [0.15, 0.2) is 0 Å². The molecular weight excluding hydrogens is 464 g/mol. The molecule has 0 spiro atoms. The number of sulfonamides is 1. The predicted molar refractivity (Wildman–Crippen MR) is 122 cm³/mol. The van der Waals surface area contributed by atoms with E-state index in [9.17, 15) is 13.2 Å². The Kier molecular flexibility index (Phi) is 5.90. The van der Waals surface area contributed by atoms with Crippen molar-refractivity contribution in [3.8, 4) is 11.4 Å². The van der Waals surface area contributed by atoms with Crippen LogP contribution in [0, 0.1) is 0 Å². The first-order chi connectivity index (χ1) is 15.9. The summed E-state index contributed by atoms with van der Waals surface area (Å²) in [6.45, 7) is 1.10. The number of rotatable bonds is 5. The highest BCUT2D eigenvalue weighted by Gasteiger charge is 2.31. The van der Waals surface area contributed by atoms with Gasteiger partial charge >= 0.3 is 0 Å². The maximum atomic E-state index is 13.1. The monoisotopic (exact) mass is 486 g/mol. The highest BCUT2D eigenvalue weighted by molar-refractivity contribution is 7.89. The Morgan fingerprint density at radius 3 is 2.45 bits per heavy atom. The van der Waals surface area contributed by atoms with E-state index in [1.54, 1.807) is 35.2 Å². The molecule has 0 radical (unpaired) electrons. The predicted octanol–water partition coefficient (Wildman–Crippen LogP) is 2.02. The largest absolute Gasteiger partial charge is 0.338 e. The number of carbonyl (C=O) groups excluding carboxylic acids is 1. The van der Waals surface area contributed by atoms with Crippen molar-refractivity contribution in [1.82, 2.24) is 29.4 Å². The number of halogens is 1. The fourth-order valence-corrected chi connectivity index (χ4v) is 5.88. The maximum absolute atomic E-state index is 13.1. The van der Waals surface area contributed by atoms with E-state index in [2.05, 4.69) is 15.4 Å². The van der Waals surface area contributed by atoms with Crippen LogP contribution in [0.2, 0.25) is 5.02 Å². The van der Waals surface area contributed by atoms with Crippen LogP contribution in [0.3, 0.4) is 0 Å². The molecule has 1 saturated heterocycles. The number of tetrazole rings is 1. The molecule has 0 atom stereocenters. The number of hydrogen-bond donors (Lipinski definition) is 0. The fraction of sp³-hybridized carbons (Fsp3) is 0.364. The molecule has 33 heavy (non-hydrogen) atoms. The Balaban J connectivity index is 1.20. The number of nitrogens with zero attached hydrogens (tertiary/aromatic N) is 6. The zero-order valence-corrected chi connectivity index (χ0v) is 19.5. The van der Waals surface area contributed by atoms with E-state index in [1.165, 1.54) is 14.7 Å². The SMILES string of the molecule is O=C(Cn1nnc(-c2ccc(Cl)cc2)n1)N1CCN(S(=O)(=O)c2ccc3c(c2)CCC3)CC1. The van der Waals surface area contributed by atoms with E-state index >= 15 is 0 Å². The Morgan fingerprint density at radius 2 is 1.70 bits per heavy atom. The van der Waals surface area contributed by atoms with Crippen molar-refractivity contribution in [2.75, 3.05) is 26.2 Å². The molecule has 0 N–H and O–H groups in total. The minimum absolute atomic E-state index is 0.0574. The molecule has 9 nitrogen and oxygen atoms in total. The second kappa shape index (κ2) is 8.85. The third-order valence-corrected chi connectivity index (χ3v) is 8.28. The van der Waals surface area contributed by atoms with Crippen LogP contribution in [0.15, 0.2) is 47.4 Å². The van der Waals surface area contributed by atoms with Gasteiger partial charge in [-0.25, -0.2) is 8.42 Å². The van der Waals surface area contributed by atoms with Gasteiger partial charge in [-0.1, -0.05) is 17.7 Å². The van der Waals surface area contributed by atoms with Crippen molar-refractivity contribution < 1.29 is 13.2 Å². The third kappa shape index (κ3) is 4.50. The van der Waals surface area contributed by atoms with Crippen LogP contribution in [0.4, 0.5) is 0 Å². The molecule has 0 saturated carbocycles. The van der Waals surface area contributed by atoms with Gasteiger partial charge in [0.1, 0.15) is 6.54 Å². The molecule has 1 aliphatic heterocycles. The standard InChI is InChI=1S/C22H23ClN6O3S/c23-19-7-4-17(5-8-19)22-24-26-29(25-22)15-21(30)27-10-12-28(13-11-27)33(31,32)20-9-6-16-2-1-3-18(16)14-20/h4-9,14H,1-3,10-13,15H2. The normalized spacial score (nSPS) is 16.7. The molecule has 172 valence electrons. The molecule has 0 bridgehead atoms. The molecule has 5 rings (SSSR count). The first kappa shape index (κ1) is 22.0. The Bertz CT molecular complexity index is 1280. The number of benzene rings is 2. The Hall–Kier alpha value is -2.82. The van der Waals surface area contributed by atoms with E-state index < -0.39 is 10.0 Å². The van der Waals surface area contributed by atoms with Gasteiger partial charge in [-0.2, -0.15) is 9.10 Å². The van der Waals surface area contributed by atoms with Crippen LogP contribution in [0.1, 0.15) is 17.5 Å². The van der Waals surface area contributed by atoms with Crippen molar-refractivity contribution in [3.63, 3.8) is 0 Å². The second-order valence-corrected chi connectivity index (χ2v) is 10.6. The molecule has 2 heterocycles. The average molecular weight is 487 g/mol. The van der Waals surface area contributed by atoms with Gasteiger partial charge in [0.2, 0.25) is 21.8 Å². The number of aromatic nitrogens is 4. The Labute approximate surface area is 197 Å². The molecule has 11 heteroatoms. The fourth-order valence-electron chi connectivity index (χ4n) is 4.28. The number of carbonyl (C=O) groups is 1. The number of hydrogen-bond acceptors (Lipinski definition) is 6. The summed E-state index contributed by atoms with van der Waals surface area (Å²) < 4.78 is 27.6. The lowest BCUT2D eigenvalue weighted by Gasteiger charge is -2.34. The molecule has 2 aliphatic rings. The average Bonchev–Trinajstić information content (AvgIpc) is 3.48. The van der Waals surface area contributed by atoms with Gasteiger partial charge in [0.05, 0.1) is 4.90 Å². The first-order valence-corrected chi connectivity index (χ1v) is 12.7. The van der Waals surface area contributed by atoms with Crippen LogP contribution in [-0.2, 0) is 34.2 Å². The first-order valence-electron chi connectivity index (χ1n) is 10.8. The van der Waals surface area contributed by atoms with Crippen molar-refractivity contribution in [3.05, 3.63) is 58.6 Å². The third-order valence-electron chi connectivity index (χ3n) is 6.13. The lowest BCUT2D eigenvalue weighted by molar-refractivity contribution is -0.133. The zero-order valence-electron chi connectivity index (χ0n) is 17.9. The van der Waals surface area contributed by atoms with Crippen molar-refractivity contribution in [1.29, 1.82) is 0 Å². The van der Waals surface area contributed by atoms with Crippen molar-refractivity contribution >= 4 is 27.5 Å². The van der Waals surface area contributed by atoms with E-state index in [-0.39, 0.29) is 25.5 Å². The van der Waals surface area contributed by atoms with Gasteiger partial charge in [-0.3, -0.25) is 4.79 Å². The van der Waals surface area contributed by atoms with Crippen molar-refractivity contribution in [2.24, 2.45) is 0 Å². The highest BCUT2D eigenvalue weighted by atomic mass is 35.5. The minimum Gasteiger partial charge on any atom is -0.338 e. The number of aryl methyl sites for hydroxylation is 2. The van der Waals surface area contributed by atoms with Crippen LogP contribution >= 0.6 is 11.6 Å². The van der Waals surface area contributed by atoms with Gasteiger partial charge in [-0.05, 0) is 72.0 Å². The van der Waals surface area contributed by atoms with Crippen LogP contribution in [0.25, 0.3) is 11.4 Å². The zero-order chi connectivity index (χ0) is 23.0.